The first kappa shape index (κ1) is 16.6. The first-order valence-corrected chi connectivity index (χ1v) is 10.5. The summed E-state index contributed by atoms with van der Waals surface area (Å²) in [6.07, 6.45) is 5.24. The highest BCUT2D eigenvalue weighted by molar-refractivity contribution is 7.13. The third-order valence-corrected chi connectivity index (χ3v) is 6.80. The van der Waals surface area contributed by atoms with Crippen molar-refractivity contribution in [3.8, 4) is 10.4 Å². The Balaban J connectivity index is 1.79. The van der Waals surface area contributed by atoms with Gasteiger partial charge in [0.25, 0.3) is 0 Å². The van der Waals surface area contributed by atoms with Crippen LogP contribution in [0.15, 0.2) is 53.9 Å². The molecule has 1 saturated carbocycles. The Labute approximate surface area is 162 Å². The van der Waals surface area contributed by atoms with Gasteiger partial charge in [0.05, 0.1) is 0 Å². The summed E-state index contributed by atoms with van der Waals surface area (Å²) >= 11 is 1.75. The second-order valence-electron chi connectivity index (χ2n) is 7.53. The summed E-state index contributed by atoms with van der Waals surface area (Å²) in [4.78, 5) is 13.3. The number of benzene rings is 2. The van der Waals surface area contributed by atoms with Crippen LogP contribution in [0.1, 0.15) is 36.0 Å². The molecule has 0 aliphatic heterocycles. The number of hydrogen-bond acceptors (Lipinski definition) is 2. The number of fused-ring (bicyclic) bond motifs is 3. The van der Waals surface area contributed by atoms with Gasteiger partial charge in [-0.15, -0.1) is 11.3 Å². The van der Waals surface area contributed by atoms with Crippen LogP contribution in [0, 0.1) is 5.92 Å². The monoisotopic (exact) mass is 374 g/mol. The second kappa shape index (κ2) is 6.54. The number of carbonyl (C=O) groups excluding carboxylic acids is 1. The summed E-state index contributed by atoms with van der Waals surface area (Å²) in [5, 5.41) is 4.23. The largest absolute Gasteiger partial charge is 0.366 e. The van der Waals surface area contributed by atoms with Gasteiger partial charge in [0.15, 0.2) is 0 Å². The van der Waals surface area contributed by atoms with Crippen molar-refractivity contribution in [1.82, 2.24) is 4.57 Å². The zero-order valence-electron chi connectivity index (χ0n) is 15.2. The summed E-state index contributed by atoms with van der Waals surface area (Å²) in [6, 6.07) is 16.8. The van der Waals surface area contributed by atoms with Crippen LogP contribution in [-0.4, -0.2) is 10.5 Å². The van der Waals surface area contributed by atoms with Gasteiger partial charge >= 0.3 is 0 Å². The van der Waals surface area contributed by atoms with Crippen LogP contribution in [0.5, 0.6) is 0 Å². The molecule has 1 aliphatic rings. The van der Waals surface area contributed by atoms with Gasteiger partial charge in [0.1, 0.15) is 0 Å². The van der Waals surface area contributed by atoms with E-state index in [9.17, 15) is 4.79 Å². The highest BCUT2D eigenvalue weighted by atomic mass is 32.1. The molecule has 4 heteroatoms. The lowest BCUT2D eigenvalue weighted by Crippen LogP contribution is -2.11. The molecular formula is C23H22N2OS. The molecule has 2 N–H and O–H groups in total. The molecule has 0 bridgehead atoms. The van der Waals surface area contributed by atoms with Gasteiger partial charge in [-0.05, 0) is 54.0 Å². The summed E-state index contributed by atoms with van der Waals surface area (Å²) in [5.41, 5.74) is 9.88. The fourth-order valence-corrected chi connectivity index (χ4v) is 5.32. The minimum absolute atomic E-state index is 0.358. The van der Waals surface area contributed by atoms with E-state index in [0.717, 1.165) is 22.8 Å². The Kier molecular flexibility index (Phi) is 4.01. The molecule has 5 rings (SSSR count). The highest BCUT2D eigenvalue weighted by Gasteiger charge is 2.21. The van der Waals surface area contributed by atoms with Crippen molar-refractivity contribution in [1.29, 1.82) is 0 Å². The Hall–Kier alpha value is -2.59. The van der Waals surface area contributed by atoms with E-state index in [1.54, 1.807) is 11.3 Å². The van der Waals surface area contributed by atoms with Gasteiger partial charge in [0, 0.05) is 38.8 Å². The van der Waals surface area contributed by atoms with E-state index in [0.29, 0.717) is 11.5 Å². The number of thiophene rings is 1. The zero-order valence-corrected chi connectivity index (χ0v) is 16.0. The third kappa shape index (κ3) is 2.76. The van der Waals surface area contributed by atoms with Crippen LogP contribution in [0.4, 0.5) is 0 Å². The summed E-state index contributed by atoms with van der Waals surface area (Å²) < 4.78 is 2.42. The second-order valence-corrected chi connectivity index (χ2v) is 8.48. The molecular weight excluding hydrogens is 352 g/mol. The van der Waals surface area contributed by atoms with Gasteiger partial charge in [0.2, 0.25) is 5.91 Å². The van der Waals surface area contributed by atoms with Crippen molar-refractivity contribution in [2.75, 3.05) is 0 Å². The van der Waals surface area contributed by atoms with Gasteiger partial charge < -0.3 is 10.3 Å². The quantitative estimate of drug-likeness (QED) is 0.481. The average Bonchev–Trinajstić information content (AvgIpc) is 3.43. The third-order valence-electron chi connectivity index (χ3n) is 5.88. The Morgan fingerprint density at radius 3 is 2.67 bits per heavy atom. The Morgan fingerprint density at radius 2 is 1.93 bits per heavy atom. The van der Waals surface area contributed by atoms with Gasteiger partial charge in [-0.1, -0.05) is 37.1 Å². The molecule has 1 fully saturated rings. The lowest BCUT2D eigenvalue weighted by Gasteiger charge is -2.13. The van der Waals surface area contributed by atoms with Gasteiger partial charge in [-0.25, -0.2) is 0 Å². The van der Waals surface area contributed by atoms with Crippen LogP contribution >= 0.6 is 11.3 Å². The van der Waals surface area contributed by atoms with Crippen LogP contribution < -0.4 is 5.73 Å². The zero-order chi connectivity index (χ0) is 18.4. The number of amides is 1. The van der Waals surface area contributed by atoms with Crippen molar-refractivity contribution in [3.05, 3.63) is 59.5 Å². The smallest absolute Gasteiger partial charge is 0.249 e. The molecule has 2 aromatic carbocycles. The summed E-state index contributed by atoms with van der Waals surface area (Å²) in [7, 11) is 0. The molecule has 2 heterocycles. The summed E-state index contributed by atoms with van der Waals surface area (Å²) in [6.45, 7) is 1.01. The van der Waals surface area contributed by atoms with Crippen molar-refractivity contribution < 1.29 is 4.79 Å². The maximum absolute atomic E-state index is 12.1. The molecule has 1 aliphatic carbocycles. The number of hydrogen-bond donors (Lipinski definition) is 1. The number of primary amides is 1. The fourth-order valence-electron chi connectivity index (χ4n) is 4.59. The van der Waals surface area contributed by atoms with Crippen molar-refractivity contribution >= 4 is 39.0 Å². The van der Waals surface area contributed by atoms with E-state index in [1.807, 2.05) is 12.1 Å². The molecule has 0 spiro atoms. The number of nitrogens with zero attached hydrogens (tertiary/aromatic N) is 1. The molecule has 136 valence electrons. The standard InChI is InChI=1S/C23H22N2OS/c24-23(26)18-7-3-8-19-22(18)17-11-10-16(21-9-4-12-27-21)13-20(17)25(19)14-15-5-1-2-6-15/h3-4,7-13,15H,1-2,5-6,14H2,(H2,24,26). The molecule has 4 aromatic rings. The maximum Gasteiger partial charge on any atom is 0.249 e. The minimum atomic E-state index is -0.358. The van der Waals surface area contributed by atoms with Crippen LogP contribution in [0.2, 0.25) is 0 Å². The first-order valence-electron chi connectivity index (χ1n) is 9.61. The lowest BCUT2D eigenvalue weighted by atomic mass is 10.0. The topological polar surface area (TPSA) is 48.0 Å². The van der Waals surface area contributed by atoms with Crippen LogP contribution in [0.25, 0.3) is 32.2 Å². The lowest BCUT2D eigenvalue weighted by molar-refractivity contribution is 0.100. The minimum Gasteiger partial charge on any atom is -0.366 e. The highest BCUT2D eigenvalue weighted by Crippen LogP contribution is 2.37. The van der Waals surface area contributed by atoms with Crippen LogP contribution in [-0.2, 0) is 6.54 Å². The summed E-state index contributed by atoms with van der Waals surface area (Å²) in [5.74, 6) is 0.356. The molecule has 3 nitrogen and oxygen atoms in total. The molecule has 27 heavy (non-hydrogen) atoms. The number of nitrogens with two attached hydrogens (primary N) is 1. The van der Waals surface area contributed by atoms with Gasteiger partial charge in [-0.3, -0.25) is 4.79 Å². The molecule has 0 saturated heterocycles. The molecule has 1 amide bonds. The van der Waals surface area contributed by atoms with Gasteiger partial charge in [-0.2, -0.15) is 0 Å². The first-order chi connectivity index (χ1) is 13.2. The Bertz CT molecular complexity index is 1130. The average molecular weight is 375 g/mol. The number of rotatable bonds is 4. The van der Waals surface area contributed by atoms with E-state index in [-0.39, 0.29) is 5.91 Å². The number of aromatic nitrogens is 1. The molecule has 0 radical (unpaired) electrons. The molecule has 0 unspecified atom stereocenters. The Morgan fingerprint density at radius 1 is 1.07 bits per heavy atom. The van der Waals surface area contributed by atoms with E-state index in [1.165, 1.54) is 41.6 Å². The number of carbonyl (C=O) groups is 1. The maximum atomic E-state index is 12.1. The van der Waals surface area contributed by atoms with E-state index in [2.05, 4.69) is 46.3 Å². The normalized spacial score (nSPS) is 15.1. The van der Waals surface area contributed by atoms with Crippen LogP contribution in [0.3, 0.4) is 0 Å². The van der Waals surface area contributed by atoms with E-state index in [4.69, 9.17) is 5.73 Å². The van der Waals surface area contributed by atoms with Crippen molar-refractivity contribution in [2.24, 2.45) is 11.7 Å². The predicted octanol–water partition coefficient (Wildman–Crippen LogP) is 5.81. The fraction of sp³-hybridized carbons (Fsp3) is 0.261. The van der Waals surface area contributed by atoms with Crippen molar-refractivity contribution in [3.63, 3.8) is 0 Å². The SMILES string of the molecule is NC(=O)c1cccc2c1c1ccc(-c3cccs3)cc1n2CC1CCCC1. The van der Waals surface area contributed by atoms with E-state index >= 15 is 0 Å². The predicted molar refractivity (Wildman–Crippen MR) is 113 cm³/mol. The molecule has 0 atom stereocenters. The van der Waals surface area contributed by atoms with Crippen molar-refractivity contribution in [2.45, 2.75) is 32.2 Å². The molecule has 2 aromatic heterocycles. The van der Waals surface area contributed by atoms with E-state index < -0.39 is 0 Å².